The first-order valence-corrected chi connectivity index (χ1v) is 8.86. The van der Waals surface area contributed by atoms with Gasteiger partial charge in [0.1, 0.15) is 11.5 Å². The predicted molar refractivity (Wildman–Crippen MR) is 104 cm³/mol. The third-order valence-corrected chi connectivity index (χ3v) is 4.14. The van der Waals surface area contributed by atoms with Crippen LogP contribution < -0.4 is 10.6 Å². The Labute approximate surface area is 157 Å². The Morgan fingerprint density at radius 3 is 2.59 bits per heavy atom. The zero-order valence-corrected chi connectivity index (χ0v) is 15.1. The Bertz CT molecular complexity index is 912. The number of amides is 1. The average Bonchev–Trinajstić information content (AvgIpc) is 2.70. The number of rotatable bonds is 7. The number of hydrogen-bond donors (Lipinski definition) is 2. The van der Waals surface area contributed by atoms with Crippen molar-refractivity contribution in [2.45, 2.75) is 19.8 Å². The molecule has 0 bridgehead atoms. The SMILES string of the molecule is CCc1ccc(NC(=O)c2ccnc(NCCc3ccccc3F)n2)cc1. The van der Waals surface area contributed by atoms with Crippen LogP contribution in [-0.2, 0) is 12.8 Å². The van der Waals surface area contributed by atoms with E-state index in [4.69, 9.17) is 0 Å². The van der Waals surface area contributed by atoms with Gasteiger partial charge in [-0.05, 0) is 48.2 Å². The van der Waals surface area contributed by atoms with Gasteiger partial charge < -0.3 is 10.6 Å². The summed E-state index contributed by atoms with van der Waals surface area (Å²) < 4.78 is 13.6. The number of nitrogens with one attached hydrogen (secondary N) is 2. The molecule has 0 radical (unpaired) electrons. The maximum atomic E-state index is 13.6. The van der Waals surface area contributed by atoms with Crippen molar-refractivity contribution in [2.24, 2.45) is 0 Å². The molecule has 0 unspecified atom stereocenters. The number of anilines is 2. The summed E-state index contributed by atoms with van der Waals surface area (Å²) in [6.45, 7) is 2.54. The van der Waals surface area contributed by atoms with Gasteiger partial charge in [0.05, 0.1) is 0 Å². The molecule has 1 heterocycles. The van der Waals surface area contributed by atoms with Gasteiger partial charge in [-0.25, -0.2) is 14.4 Å². The molecule has 0 fully saturated rings. The van der Waals surface area contributed by atoms with Crippen LogP contribution in [0.15, 0.2) is 60.8 Å². The molecule has 27 heavy (non-hydrogen) atoms. The molecule has 3 rings (SSSR count). The summed E-state index contributed by atoms with van der Waals surface area (Å²) in [6.07, 6.45) is 2.96. The molecule has 0 atom stereocenters. The van der Waals surface area contributed by atoms with Crippen molar-refractivity contribution in [1.29, 1.82) is 0 Å². The van der Waals surface area contributed by atoms with Crippen LogP contribution in [0.5, 0.6) is 0 Å². The molecule has 6 heteroatoms. The molecule has 2 N–H and O–H groups in total. The summed E-state index contributed by atoms with van der Waals surface area (Å²) in [6, 6.07) is 15.9. The number of halogens is 1. The summed E-state index contributed by atoms with van der Waals surface area (Å²) in [5.41, 5.74) is 2.80. The molecule has 0 aliphatic rings. The maximum Gasteiger partial charge on any atom is 0.274 e. The van der Waals surface area contributed by atoms with E-state index in [2.05, 4.69) is 27.5 Å². The molecule has 138 valence electrons. The first-order chi connectivity index (χ1) is 13.2. The Kier molecular flexibility index (Phi) is 6.10. The monoisotopic (exact) mass is 364 g/mol. The molecule has 0 saturated carbocycles. The third-order valence-electron chi connectivity index (χ3n) is 4.14. The van der Waals surface area contributed by atoms with E-state index in [0.29, 0.717) is 30.2 Å². The summed E-state index contributed by atoms with van der Waals surface area (Å²) in [4.78, 5) is 20.7. The first kappa shape index (κ1) is 18.5. The fourth-order valence-corrected chi connectivity index (χ4v) is 2.60. The van der Waals surface area contributed by atoms with Crippen molar-refractivity contribution in [1.82, 2.24) is 9.97 Å². The number of nitrogens with zero attached hydrogens (tertiary/aromatic N) is 2. The minimum Gasteiger partial charge on any atom is -0.354 e. The van der Waals surface area contributed by atoms with E-state index in [9.17, 15) is 9.18 Å². The highest BCUT2D eigenvalue weighted by Gasteiger charge is 2.09. The molecule has 0 aliphatic carbocycles. The van der Waals surface area contributed by atoms with E-state index in [1.165, 1.54) is 17.8 Å². The average molecular weight is 364 g/mol. The van der Waals surface area contributed by atoms with Crippen LogP contribution in [0.2, 0.25) is 0 Å². The molecular formula is C21H21FN4O. The lowest BCUT2D eigenvalue weighted by Gasteiger charge is -2.08. The number of carbonyl (C=O) groups excluding carboxylic acids is 1. The van der Waals surface area contributed by atoms with Crippen molar-refractivity contribution < 1.29 is 9.18 Å². The fourth-order valence-electron chi connectivity index (χ4n) is 2.60. The van der Waals surface area contributed by atoms with Crippen molar-refractivity contribution in [2.75, 3.05) is 17.2 Å². The van der Waals surface area contributed by atoms with E-state index in [1.54, 1.807) is 24.3 Å². The normalized spacial score (nSPS) is 10.4. The van der Waals surface area contributed by atoms with E-state index in [0.717, 1.165) is 6.42 Å². The Hall–Kier alpha value is -3.28. The van der Waals surface area contributed by atoms with Crippen LogP contribution in [0.4, 0.5) is 16.0 Å². The van der Waals surface area contributed by atoms with Crippen LogP contribution in [0.3, 0.4) is 0 Å². The lowest BCUT2D eigenvalue weighted by Crippen LogP contribution is -2.16. The van der Waals surface area contributed by atoms with Gasteiger partial charge in [-0.3, -0.25) is 4.79 Å². The molecule has 0 aliphatic heterocycles. The molecule has 5 nitrogen and oxygen atoms in total. The van der Waals surface area contributed by atoms with Gasteiger partial charge in [-0.2, -0.15) is 0 Å². The van der Waals surface area contributed by atoms with Crippen molar-refractivity contribution >= 4 is 17.5 Å². The highest BCUT2D eigenvalue weighted by molar-refractivity contribution is 6.02. The van der Waals surface area contributed by atoms with Gasteiger partial charge >= 0.3 is 0 Å². The minimum absolute atomic E-state index is 0.234. The van der Waals surface area contributed by atoms with E-state index in [-0.39, 0.29) is 17.4 Å². The molecule has 2 aromatic carbocycles. The molecule has 3 aromatic rings. The third kappa shape index (κ3) is 5.10. The van der Waals surface area contributed by atoms with Crippen molar-refractivity contribution in [3.8, 4) is 0 Å². The quantitative estimate of drug-likeness (QED) is 0.663. The van der Waals surface area contributed by atoms with E-state index < -0.39 is 0 Å². The molecule has 0 spiro atoms. The maximum absolute atomic E-state index is 13.6. The number of aryl methyl sites for hydroxylation is 1. The zero-order chi connectivity index (χ0) is 19.1. The smallest absolute Gasteiger partial charge is 0.274 e. The van der Waals surface area contributed by atoms with Gasteiger partial charge in [0.25, 0.3) is 5.91 Å². The zero-order valence-electron chi connectivity index (χ0n) is 15.1. The topological polar surface area (TPSA) is 66.9 Å². The van der Waals surface area contributed by atoms with Gasteiger partial charge in [0.2, 0.25) is 5.95 Å². The predicted octanol–water partition coefficient (Wildman–Crippen LogP) is 4.09. The minimum atomic E-state index is -0.307. The number of benzene rings is 2. The Morgan fingerprint density at radius 2 is 1.85 bits per heavy atom. The number of aromatic nitrogens is 2. The lowest BCUT2D eigenvalue weighted by atomic mass is 10.1. The molecule has 0 saturated heterocycles. The van der Waals surface area contributed by atoms with Gasteiger partial charge in [-0.15, -0.1) is 0 Å². The highest BCUT2D eigenvalue weighted by Crippen LogP contribution is 2.12. The van der Waals surface area contributed by atoms with Crippen LogP contribution in [0.1, 0.15) is 28.5 Å². The lowest BCUT2D eigenvalue weighted by molar-refractivity contribution is 0.102. The van der Waals surface area contributed by atoms with Crippen molar-refractivity contribution in [3.05, 3.63) is 83.4 Å². The standard InChI is InChI=1S/C21H21FN4O/c1-2-15-7-9-17(10-8-15)25-20(27)19-12-14-24-21(26-19)23-13-11-16-5-3-4-6-18(16)22/h3-10,12,14H,2,11,13H2,1H3,(H,25,27)(H,23,24,26). The van der Waals surface area contributed by atoms with E-state index in [1.807, 2.05) is 24.3 Å². The summed E-state index contributed by atoms with van der Waals surface area (Å²) in [5.74, 6) is -0.207. The molecule has 1 aromatic heterocycles. The Balaban J connectivity index is 1.59. The molecular weight excluding hydrogens is 343 g/mol. The van der Waals surface area contributed by atoms with E-state index >= 15 is 0 Å². The van der Waals surface area contributed by atoms with Gasteiger partial charge in [0.15, 0.2) is 0 Å². The van der Waals surface area contributed by atoms with Crippen LogP contribution in [0.25, 0.3) is 0 Å². The van der Waals surface area contributed by atoms with Crippen LogP contribution >= 0.6 is 0 Å². The van der Waals surface area contributed by atoms with Crippen molar-refractivity contribution in [3.63, 3.8) is 0 Å². The van der Waals surface area contributed by atoms with Gasteiger partial charge in [-0.1, -0.05) is 37.3 Å². The van der Waals surface area contributed by atoms with Gasteiger partial charge in [0, 0.05) is 18.4 Å². The summed E-state index contributed by atoms with van der Waals surface area (Å²) >= 11 is 0. The fraction of sp³-hybridized carbons (Fsp3) is 0.190. The van der Waals surface area contributed by atoms with Crippen LogP contribution in [0, 0.1) is 5.82 Å². The number of carbonyl (C=O) groups is 1. The number of hydrogen-bond acceptors (Lipinski definition) is 4. The summed E-state index contributed by atoms with van der Waals surface area (Å²) in [5, 5.41) is 5.85. The Morgan fingerprint density at radius 1 is 1.07 bits per heavy atom. The largest absolute Gasteiger partial charge is 0.354 e. The second-order valence-corrected chi connectivity index (χ2v) is 6.04. The first-order valence-electron chi connectivity index (χ1n) is 8.86. The second kappa shape index (κ2) is 8.89. The second-order valence-electron chi connectivity index (χ2n) is 6.04. The van der Waals surface area contributed by atoms with Crippen LogP contribution in [-0.4, -0.2) is 22.4 Å². The summed E-state index contributed by atoms with van der Waals surface area (Å²) in [7, 11) is 0. The molecule has 1 amide bonds. The highest BCUT2D eigenvalue weighted by atomic mass is 19.1.